The molecule has 1 heterocycles. The fourth-order valence-corrected chi connectivity index (χ4v) is 6.33. The average Bonchev–Trinajstić information content (AvgIpc) is 2.82. The minimum Gasteiger partial charge on any atom is -0.339 e. The number of carbonyl (C=O) groups excluding carboxylic acids is 1. The SMILES string of the molecule is CN(C(=O)CCc1ccc(S(=O)(=O)N2CCCCC2)cc1)[C@H]1CCCc2ccccc21. The minimum absolute atomic E-state index is 0.131. The summed E-state index contributed by atoms with van der Waals surface area (Å²) >= 11 is 0. The van der Waals surface area contributed by atoms with Crippen molar-refractivity contribution in [1.82, 2.24) is 9.21 Å². The van der Waals surface area contributed by atoms with Crippen LogP contribution >= 0.6 is 0 Å². The molecule has 0 saturated carbocycles. The molecule has 1 aliphatic carbocycles. The first-order valence-electron chi connectivity index (χ1n) is 11.4. The van der Waals surface area contributed by atoms with Crippen LogP contribution in [0, 0.1) is 0 Å². The molecule has 5 nitrogen and oxygen atoms in total. The summed E-state index contributed by atoms with van der Waals surface area (Å²) in [4.78, 5) is 15.1. The highest BCUT2D eigenvalue weighted by molar-refractivity contribution is 7.89. The van der Waals surface area contributed by atoms with Gasteiger partial charge >= 0.3 is 0 Å². The van der Waals surface area contributed by atoms with Crippen molar-refractivity contribution in [1.29, 1.82) is 0 Å². The Balaban J connectivity index is 1.37. The number of hydrogen-bond donors (Lipinski definition) is 0. The molecule has 1 amide bonds. The molecule has 0 unspecified atom stereocenters. The third kappa shape index (κ3) is 4.85. The van der Waals surface area contributed by atoms with E-state index < -0.39 is 10.0 Å². The van der Waals surface area contributed by atoms with Gasteiger partial charge in [-0.15, -0.1) is 0 Å². The smallest absolute Gasteiger partial charge is 0.243 e. The maximum atomic E-state index is 12.9. The van der Waals surface area contributed by atoms with E-state index in [2.05, 4.69) is 24.3 Å². The molecule has 2 aromatic rings. The summed E-state index contributed by atoms with van der Waals surface area (Å²) in [5.41, 5.74) is 3.61. The van der Waals surface area contributed by atoms with Gasteiger partial charge in [-0.25, -0.2) is 8.42 Å². The number of fused-ring (bicyclic) bond motifs is 1. The second-order valence-corrected chi connectivity index (χ2v) is 10.7. The van der Waals surface area contributed by atoms with Gasteiger partial charge in [0.15, 0.2) is 0 Å². The number of benzene rings is 2. The topological polar surface area (TPSA) is 57.7 Å². The van der Waals surface area contributed by atoms with E-state index in [1.165, 1.54) is 11.1 Å². The molecule has 1 atom stereocenters. The second kappa shape index (κ2) is 9.53. The molecule has 1 saturated heterocycles. The molecule has 1 aliphatic heterocycles. The van der Waals surface area contributed by atoms with Crippen LogP contribution in [0.4, 0.5) is 0 Å². The Morgan fingerprint density at radius 2 is 1.71 bits per heavy atom. The van der Waals surface area contributed by atoms with Crippen LogP contribution < -0.4 is 0 Å². The number of rotatable bonds is 6. The van der Waals surface area contributed by atoms with Crippen molar-refractivity contribution in [2.24, 2.45) is 0 Å². The van der Waals surface area contributed by atoms with Crippen molar-refractivity contribution in [3.63, 3.8) is 0 Å². The Morgan fingerprint density at radius 3 is 2.45 bits per heavy atom. The highest BCUT2D eigenvalue weighted by atomic mass is 32.2. The first-order valence-corrected chi connectivity index (χ1v) is 12.8. The molecule has 0 bridgehead atoms. The van der Waals surface area contributed by atoms with Crippen LogP contribution in [0.5, 0.6) is 0 Å². The van der Waals surface area contributed by atoms with Gasteiger partial charge in [0.1, 0.15) is 0 Å². The molecule has 166 valence electrons. The highest BCUT2D eigenvalue weighted by Gasteiger charge is 2.27. The summed E-state index contributed by atoms with van der Waals surface area (Å²) in [6.45, 7) is 1.21. The maximum Gasteiger partial charge on any atom is 0.243 e. The van der Waals surface area contributed by atoms with Gasteiger partial charge in [0, 0.05) is 26.6 Å². The molecule has 0 spiro atoms. The van der Waals surface area contributed by atoms with Crippen molar-refractivity contribution < 1.29 is 13.2 Å². The normalized spacial score (nSPS) is 19.6. The van der Waals surface area contributed by atoms with Gasteiger partial charge in [0.05, 0.1) is 10.9 Å². The lowest BCUT2D eigenvalue weighted by molar-refractivity contribution is -0.132. The molecular formula is C25H32N2O3S. The summed E-state index contributed by atoms with van der Waals surface area (Å²) in [6.07, 6.45) is 7.18. The molecule has 0 N–H and O–H groups in total. The van der Waals surface area contributed by atoms with Gasteiger partial charge in [0.2, 0.25) is 15.9 Å². The number of nitrogens with zero attached hydrogens (tertiary/aromatic N) is 2. The van der Waals surface area contributed by atoms with Gasteiger partial charge in [-0.3, -0.25) is 4.79 Å². The third-order valence-electron chi connectivity index (χ3n) is 6.70. The van der Waals surface area contributed by atoms with E-state index in [-0.39, 0.29) is 11.9 Å². The zero-order chi connectivity index (χ0) is 21.8. The summed E-state index contributed by atoms with van der Waals surface area (Å²) in [6, 6.07) is 15.6. The fourth-order valence-electron chi connectivity index (χ4n) is 4.81. The number of sulfonamides is 1. The molecule has 0 radical (unpaired) electrons. The van der Waals surface area contributed by atoms with E-state index in [9.17, 15) is 13.2 Å². The molecule has 2 aromatic carbocycles. The largest absolute Gasteiger partial charge is 0.339 e. The Labute approximate surface area is 186 Å². The highest BCUT2D eigenvalue weighted by Crippen LogP contribution is 2.33. The molecule has 0 aromatic heterocycles. The van der Waals surface area contributed by atoms with E-state index in [1.807, 2.05) is 24.1 Å². The van der Waals surface area contributed by atoms with E-state index in [0.29, 0.717) is 30.8 Å². The van der Waals surface area contributed by atoms with Gasteiger partial charge in [-0.1, -0.05) is 42.8 Å². The van der Waals surface area contributed by atoms with Crippen LogP contribution in [0.15, 0.2) is 53.4 Å². The van der Waals surface area contributed by atoms with E-state index in [1.54, 1.807) is 16.4 Å². The molecule has 6 heteroatoms. The van der Waals surface area contributed by atoms with Crippen molar-refractivity contribution in [3.8, 4) is 0 Å². The summed E-state index contributed by atoms with van der Waals surface area (Å²) in [7, 11) is -1.50. The van der Waals surface area contributed by atoms with E-state index in [4.69, 9.17) is 0 Å². The summed E-state index contributed by atoms with van der Waals surface area (Å²) in [5, 5.41) is 0. The Hall–Kier alpha value is -2.18. The molecule has 2 aliphatic rings. The van der Waals surface area contributed by atoms with Crippen molar-refractivity contribution in [2.75, 3.05) is 20.1 Å². The van der Waals surface area contributed by atoms with Crippen molar-refractivity contribution >= 4 is 15.9 Å². The Bertz CT molecular complexity index is 1010. The van der Waals surface area contributed by atoms with Crippen LogP contribution in [0.25, 0.3) is 0 Å². The van der Waals surface area contributed by atoms with Crippen LogP contribution in [-0.2, 0) is 27.7 Å². The van der Waals surface area contributed by atoms with Crippen LogP contribution in [0.2, 0.25) is 0 Å². The number of piperidine rings is 1. The number of carbonyl (C=O) groups is 1. The zero-order valence-electron chi connectivity index (χ0n) is 18.3. The van der Waals surface area contributed by atoms with Crippen molar-refractivity contribution in [3.05, 3.63) is 65.2 Å². The lowest BCUT2D eigenvalue weighted by atomic mass is 9.87. The number of amides is 1. The maximum absolute atomic E-state index is 12.9. The molecular weight excluding hydrogens is 408 g/mol. The van der Waals surface area contributed by atoms with Gasteiger partial charge < -0.3 is 4.90 Å². The molecule has 31 heavy (non-hydrogen) atoms. The first kappa shape index (κ1) is 22.0. The Kier molecular flexibility index (Phi) is 6.77. The average molecular weight is 441 g/mol. The summed E-state index contributed by atoms with van der Waals surface area (Å²) < 4.78 is 27.2. The first-order chi connectivity index (χ1) is 15.0. The predicted octanol–water partition coefficient (Wildman–Crippen LogP) is 4.33. The lowest BCUT2D eigenvalue weighted by Crippen LogP contribution is -2.35. The standard InChI is InChI=1S/C25H32N2O3S/c1-26(24-11-7-9-21-8-3-4-10-23(21)24)25(28)17-14-20-12-15-22(16-13-20)31(29,30)27-18-5-2-6-19-27/h3-4,8,10,12-13,15-16,24H,2,5-7,9,11,14,17-19H2,1H3/t24-/m0/s1. The fraction of sp³-hybridized carbons (Fsp3) is 0.480. The third-order valence-corrected chi connectivity index (χ3v) is 8.62. The summed E-state index contributed by atoms with van der Waals surface area (Å²) in [5.74, 6) is 0.131. The predicted molar refractivity (Wildman–Crippen MR) is 122 cm³/mol. The van der Waals surface area contributed by atoms with Gasteiger partial charge in [-0.2, -0.15) is 4.31 Å². The van der Waals surface area contributed by atoms with E-state index >= 15 is 0 Å². The second-order valence-electron chi connectivity index (χ2n) is 8.72. The molecule has 1 fully saturated rings. The molecule has 4 rings (SSSR count). The zero-order valence-corrected chi connectivity index (χ0v) is 19.1. The van der Waals surface area contributed by atoms with Crippen LogP contribution in [-0.4, -0.2) is 43.7 Å². The van der Waals surface area contributed by atoms with Crippen LogP contribution in [0.1, 0.15) is 61.3 Å². The van der Waals surface area contributed by atoms with E-state index in [0.717, 1.165) is 44.1 Å². The van der Waals surface area contributed by atoms with Crippen molar-refractivity contribution in [2.45, 2.75) is 62.3 Å². The number of hydrogen-bond acceptors (Lipinski definition) is 3. The lowest BCUT2D eigenvalue weighted by Gasteiger charge is -2.33. The van der Waals surface area contributed by atoms with Crippen LogP contribution in [0.3, 0.4) is 0 Å². The monoisotopic (exact) mass is 440 g/mol. The Morgan fingerprint density at radius 1 is 1.00 bits per heavy atom. The minimum atomic E-state index is -3.41. The number of aryl methyl sites for hydroxylation is 2. The quantitative estimate of drug-likeness (QED) is 0.672. The van der Waals surface area contributed by atoms with Gasteiger partial charge in [0.25, 0.3) is 0 Å². The van der Waals surface area contributed by atoms with Gasteiger partial charge in [-0.05, 0) is 67.3 Å².